The molecule has 156 valence electrons. The summed E-state index contributed by atoms with van der Waals surface area (Å²) in [4.78, 5) is 12.0. The van der Waals surface area contributed by atoms with Crippen molar-refractivity contribution in [3.05, 3.63) is 100 Å². The van der Waals surface area contributed by atoms with Crippen LogP contribution in [-0.4, -0.2) is 12.6 Å². The number of halogens is 1. The van der Waals surface area contributed by atoms with Gasteiger partial charge < -0.3 is 10.6 Å². The van der Waals surface area contributed by atoms with E-state index in [0.717, 1.165) is 24.9 Å². The monoisotopic (exact) mass is 420 g/mol. The highest BCUT2D eigenvalue weighted by Gasteiger charge is 2.14. The Labute approximate surface area is 184 Å². The smallest absolute Gasteiger partial charge is 0.319 e. The lowest BCUT2D eigenvalue weighted by Gasteiger charge is -2.19. The van der Waals surface area contributed by atoms with E-state index in [1.807, 2.05) is 0 Å². The van der Waals surface area contributed by atoms with Crippen LogP contribution in [0.4, 0.5) is 10.5 Å². The van der Waals surface area contributed by atoms with Gasteiger partial charge in [-0.2, -0.15) is 0 Å². The molecule has 0 aromatic heterocycles. The van der Waals surface area contributed by atoms with Gasteiger partial charge in [0.25, 0.3) is 0 Å². The fourth-order valence-electron chi connectivity index (χ4n) is 3.51. The van der Waals surface area contributed by atoms with Crippen molar-refractivity contribution >= 4 is 23.3 Å². The average molecular weight is 421 g/mol. The van der Waals surface area contributed by atoms with E-state index in [0.29, 0.717) is 17.5 Å². The highest BCUT2D eigenvalue weighted by molar-refractivity contribution is 6.30. The van der Waals surface area contributed by atoms with Crippen LogP contribution in [0.25, 0.3) is 0 Å². The molecule has 3 aromatic rings. The van der Waals surface area contributed by atoms with E-state index in [9.17, 15) is 4.79 Å². The lowest BCUT2D eigenvalue weighted by molar-refractivity contribution is 0.252. The second-order valence-corrected chi connectivity index (χ2v) is 8.19. The summed E-state index contributed by atoms with van der Waals surface area (Å²) in [6.07, 6.45) is 3.02. The summed E-state index contributed by atoms with van der Waals surface area (Å²) in [6, 6.07) is 24.6. The highest BCUT2D eigenvalue weighted by Crippen LogP contribution is 2.30. The Morgan fingerprint density at radius 1 is 0.800 bits per heavy atom. The van der Waals surface area contributed by atoms with Gasteiger partial charge in [0, 0.05) is 23.2 Å². The lowest BCUT2D eigenvalue weighted by atomic mass is 9.86. The van der Waals surface area contributed by atoms with Crippen LogP contribution >= 0.6 is 11.6 Å². The molecule has 2 N–H and O–H groups in total. The van der Waals surface area contributed by atoms with Crippen molar-refractivity contribution in [2.75, 3.05) is 11.9 Å². The molecule has 3 rings (SSSR count). The Hall–Kier alpha value is -2.78. The first-order chi connectivity index (χ1) is 14.5. The predicted molar refractivity (Wildman–Crippen MR) is 127 cm³/mol. The van der Waals surface area contributed by atoms with Crippen LogP contribution < -0.4 is 10.6 Å². The summed E-state index contributed by atoms with van der Waals surface area (Å²) in [5, 5.41) is 6.40. The van der Waals surface area contributed by atoms with E-state index >= 15 is 0 Å². The SMILES string of the molecule is Cc1ccc(C(CCCCNC(=O)Nc2ccc(Cl)cc2)c2ccc(C)cc2)cc1. The molecule has 0 saturated carbocycles. The van der Waals surface area contributed by atoms with E-state index in [4.69, 9.17) is 11.6 Å². The third kappa shape index (κ3) is 6.64. The van der Waals surface area contributed by atoms with Gasteiger partial charge >= 0.3 is 6.03 Å². The second-order valence-electron chi connectivity index (χ2n) is 7.76. The quantitative estimate of drug-likeness (QED) is 0.375. The molecule has 4 heteroatoms. The van der Waals surface area contributed by atoms with Crippen LogP contribution in [0, 0.1) is 13.8 Å². The van der Waals surface area contributed by atoms with Gasteiger partial charge in [-0.3, -0.25) is 0 Å². The first kappa shape index (κ1) is 21.9. The summed E-state index contributed by atoms with van der Waals surface area (Å²) in [6.45, 7) is 4.88. The Bertz CT molecular complexity index is 889. The minimum Gasteiger partial charge on any atom is -0.338 e. The number of carbonyl (C=O) groups excluding carboxylic acids is 1. The maximum Gasteiger partial charge on any atom is 0.319 e. The molecular weight excluding hydrogens is 392 g/mol. The molecule has 2 amide bonds. The van der Waals surface area contributed by atoms with Crippen LogP contribution in [-0.2, 0) is 0 Å². The number of rotatable bonds is 8. The number of amides is 2. The molecular formula is C26H29ClN2O. The van der Waals surface area contributed by atoms with Crippen molar-refractivity contribution in [2.24, 2.45) is 0 Å². The molecule has 0 aliphatic carbocycles. The third-order valence-electron chi connectivity index (χ3n) is 5.27. The van der Waals surface area contributed by atoms with Crippen LogP contribution in [0.3, 0.4) is 0 Å². The summed E-state index contributed by atoms with van der Waals surface area (Å²) in [5.41, 5.74) is 5.97. The van der Waals surface area contributed by atoms with Crippen molar-refractivity contribution in [2.45, 2.75) is 39.0 Å². The summed E-state index contributed by atoms with van der Waals surface area (Å²) in [7, 11) is 0. The number of urea groups is 1. The number of hydrogen-bond acceptors (Lipinski definition) is 1. The van der Waals surface area contributed by atoms with Crippen LogP contribution in [0.1, 0.15) is 47.4 Å². The summed E-state index contributed by atoms with van der Waals surface area (Å²) in [5.74, 6) is 0.370. The van der Waals surface area contributed by atoms with Gasteiger partial charge in [-0.25, -0.2) is 4.79 Å². The van der Waals surface area contributed by atoms with Crippen molar-refractivity contribution in [1.29, 1.82) is 0 Å². The zero-order valence-corrected chi connectivity index (χ0v) is 18.4. The molecule has 0 heterocycles. The zero-order chi connectivity index (χ0) is 21.3. The largest absolute Gasteiger partial charge is 0.338 e. The van der Waals surface area contributed by atoms with E-state index in [1.54, 1.807) is 24.3 Å². The van der Waals surface area contributed by atoms with Gasteiger partial charge in [0.2, 0.25) is 0 Å². The molecule has 0 atom stereocenters. The molecule has 30 heavy (non-hydrogen) atoms. The standard InChI is InChI=1S/C26H29ClN2O/c1-19-6-10-21(11-7-19)25(22-12-8-20(2)9-13-22)5-3-4-18-28-26(30)29-24-16-14-23(27)15-17-24/h6-17,25H,3-5,18H2,1-2H3,(H2,28,29,30). The Morgan fingerprint density at radius 3 is 1.87 bits per heavy atom. The van der Waals surface area contributed by atoms with Gasteiger partial charge in [0.1, 0.15) is 0 Å². The van der Waals surface area contributed by atoms with Gasteiger partial charge in [-0.05, 0) is 62.1 Å². The van der Waals surface area contributed by atoms with Crippen molar-refractivity contribution in [3.63, 3.8) is 0 Å². The van der Waals surface area contributed by atoms with Crippen LogP contribution in [0.15, 0.2) is 72.8 Å². The predicted octanol–water partition coefficient (Wildman–Crippen LogP) is 7.08. The fourth-order valence-corrected chi connectivity index (χ4v) is 3.63. The van der Waals surface area contributed by atoms with Crippen molar-refractivity contribution in [3.8, 4) is 0 Å². The number of carbonyl (C=O) groups is 1. The highest BCUT2D eigenvalue weighted by atomic mass is 35.5. The normalized spacial score (nSPS) is 10.8. The zero-order valence-electron chi connectivity index (χ0n) is 17.6. The number of benzene rings is 3. The molecule has 0 fully saturated rings. The Kier molecular flexibility index (Phi) is 7.92. The Balaban J connectivity index is 1.50. The van der Waals surface area contributed by atoms with E-state index in [-0.39, 0.29) is 6.03 Å². The number of unbranched alkanes of at least 4 members (excludes halogenated alkanes) is 1. The first-order valence-electron chi connectivity index (χ1n) is 10.4. The van der Waals surface area contributed by atoms with E-state index < -0.39 is 0 Å². The maximum atomic E-state index is 12.0. The summed E-state index contributed by atoms with van der Waals surface area (Å²) >= 11 is 5.87. The topological polar surface area (TPSA) is 41.1 Å². The molecule has 0 saturated heterocycles. The van der Waals surface area contributed by atoms with Gasteiger partial charge in [0.05, 0.1) is 0 Å². The van der Waals surface area contributed by atoms with Gasteiger partial charge in [-0.1, -0.05) is 77.7 Å². The molecule has 0 aliphatic rings. The average Bonchev–Trinajstić information content (AvgIpc) is 2.74. The van der Waals surface area contributed by atoms with Crippen molar-refractivity contribution < 1.29 is 4.79 Å². The lowest BCUT2D eigenvalue weighted by Crippen LogP contribution is -2.29. The number of anilines is 1. The number of nitrogens with one attached hydrogen (secondary N) is 2. The summed E-state index contributed by atoms with van der Waals surface area (Å²) < 4.78 is 0. The number of aryl methyl sites for hydroxylation is 2. The second kappa shape index (κ2) is 10.8. The van der Waals surface area contributed by atoms with E-state index in [2.05, 4.69) is 73.0 Å². The molecule has 3 nitrogen and oxygen atoms in total. The first-order valence-corrected chi connectivity index (χ1v) is 10.8. The molecule has 0 unspecified atom stereocenters. The maximum absolute atomic E-state index is 12.0. The van der Waals surface area contributed by atoms with Gasteiger partial charge in [-0.15, -0.1) is 0 Å². The molecule has 3 aromatic carbocycles. The minimum atomic E-state index is -0.189. The Morgan fingerprint density at radius 2 is 1.33 bits per heavy atom. The molecule has 0 radical (unpaired) electrons. The van der Waals surface area contributed by atoms with Crippen molar-refractivity contribution in [1.82, 2.24) is 5.32 Å². The minimum absolute atomic E-state index is 0.189. The third-order valence-corrected chi connectivity index (χ3v) is 5.52. The van der Waals surface area contributed by atoms with Crippen LogP contribution in [0.2, 0.25) is 5.02 Å². The molecule has 0 aliphatic heterocycles. The van der Waals surface area contributed by atoms with Crippen LogP contribution in [0.5, 0.6) is 0 Å². The molecule has 0 spiro atoms. The van der Waals surface area contributed by atoms with E-state index in [1.165, 1.54) is 22.3 Å². The van der Waals surface area contributed by atoms with Gasteiger partial charge in [0.15, 0.2) is 0 Å². The molecule has 0 bridgehead atoms. The fraction of sp³-hybridized carbons (Fsp3) is 0.269. The number of hydrogen-bond donors (Lipinski definition) is 2.